The van der Waals surface area contributed by atoms with Crippen LogP contribution in [0.25, 0.3) is 0 Å². The lowest BCUT2D eigenvalue weighted by molar-refractivity contribution is -0.143. The summed E-state index contributed by atoms with van der Waals surface area (Å²) in [5.74, 6) is 0.325. The van der Waals surface area contributed by atoms with Crippen molar-refractivity contribution >= 4 is 16.8 Å². The van der Waals surface area contributed by atoms with Crippen molar-refractivity contribution in [3.05, 3.63) is 52.8 Å². The number of esters is 1. The first-order valence-electron chi connectivity index (χ1n) is 10.3. The Kier molecular flexibility index (Phi) is 7.11. The van der Waals surface area contributed by atoms with Crippen LogP contribution in [-0.2, 0) is 33.3 Å². The Morgan fingerprint density at radius 3 is 2.57 bits per heavy atom. The molecular formula is C23H31NO3S. The fourth-order valence-electron chi connectivity index (χ4n) is 4.32. The zero-order chi connectivity index (χ0) is 20.1. The molecule has 1 unspecified atom stereocenters. The standard InChI is InChI=1S/C23H31NO3S/c1-4-27-23(25)16-24-17(2)20(15-21(24)18-10-6-5-7-11-18)14-19-12-8-9-13-22(19)28(3)26/h8-9,12-13,15,18H,4-7,10-11,14,16H2,1-3H3. The molecule has 0 aliphatic heterocycles. The van der Waals surface area contributed by atoms with Crippen molar-refractivity contribution in [1.29, 1.82) is 0 Å². The Hall–Kier alpha value is -1.88. The van der Waals surface area contributed by atoms with Crippen LogP contribution in [0.15, 0.2) is 35.2 Å². The van der Waals surface area contributed by atoms with Gasteiger partial charge in [0.25, 0.3) is 0 Å². The van der Waals surface area contributed by atoms with Crippen molar-refractivity contribution < 1.29 is 13.7 Å². The van der Waals surface area contributed by atoms with Gasteiger partial charge in [-0.3, -0.25) is 9.00 Å². The number of rotatable bonds is 7. The molecular weight excluding hydrogens is 370 g/mol. The van der Waals surface area contributed by atoms with E-state index in [1.165, 1.54) is 43.4 Å². The molecule has 0 bridgehead atoms. The molecule has 152 valence electrons. The molecule has 5 heteroatoms. The van der Waals surface area contributed by atoms with Crippen LogP contribution in [0, 0.1) is 6.92 Å². The second-order valence-electron chi connectivity index (χ2n) is 7.64. The van der Waals surface area contributed by atoms with Crippen LogP contribution in [0.3, 0.4) is 0 Å². The summed E-state index contributed by atoms with van der Waals surface area (Å²) in [7, 11) is -1.02. The quantitative estimate of drug-likeness (QED) is 0.630. The number of nitrogens with zero attached hydrogens (tertiary/aromatic N) is 1. The molecule has 28 heavy (non-hydrogen) atoms. The highest BCUT2D eigenvalue weighted by atomic mass is 32.2. The first kappa shape index (κ1) is 20.8. The van der Waals surface area contributed by atoms with E-state index >= 15 is 0 Å². The maximum Gasteiger partial charge on any atom is 0.325 e. The number of ether oxygens (including phenoxy) is 1. The van der Waals surface area contributed by atoms with E-state index in [-0.39, 0.29) is 12.5 Å². The number of hydrogen-bond donors (Lipinski definition) is 0. The van der Waals surface area contributed by atoms with Gasteiger partial charge in [-0.2, -0.15) is 0 Å². The van der Waals surface area contributed by atoms with Crippen LogP contribution in [0.4, 0.5) is 0 Å². The Morgan fingerprint density at radius 2 is 1.89 bits per heavy atom. The fourth-order valence-corrected chi connectivity index (χ4v) is 5.10. The van der Waals surface area contributed by atoms with Gasteiger partial charge in [0.1, 0.15) is 6.54 Å². The molecule has 0 spiro atoms. The molecule has 1 fully saturated rings. The summed E-state index contributed by atoms with van der Waals surface area (Å²) in [5.41, 5.74) is 4.68. The Balaban J connectivity index is 1.96. The van der Waals surface area contributed by atoms with Crippen molar-refractivity contribution in [3.8, 4) is 0 Å². The van der Waals surface area contributed by atoms with Gasteiger partial charge >= 0.3 is 5.97 Å². The molecule has 0 N–H and O–H groups in total. The first-order chi connectivity index (χ1) is 13.5. The highest BCUT2D eigenvalue weighted by molar-refractivity contribution is 7.84. The molecule has 1 aromatic carbocycles. The maximum absolute atomic E-state index is 12.2. The molecule has 0 amide bonds. The minimum absolute atomic E-state index is 0.181. The third kappa shape index (κ3) is 4.75. The molecule has 0 radical (unpaired) electrons. The van der Waals surface area contributed by atoms with Gasteiger partial charge in [-0.25, -0.2) is 0 Å². The molecule has 4 nitrogen and oxygen atoms in total. The Morgan fingerprint density at radius 1 is 1.18 bits per heavy atom. The van der Waals surface area contributed by atoms with E-state index in [0.717, 1.165) is 22.6 Å². The average Bonchev–Trinajstić information content (AvgIpc) is 2.99. The molecule has 1 atom stereocenters. The molecule has 3 rings (SSSR count). The monoisotopic (exact) mass is 401 g/mol. The number of benzene rings is 1. The smallest absolute Gasteiger partial charge is 0.325 e. The third-order valence-electron chi connectivity index (χ3n) is 5.78. The summed E-state index contributed by atoms with van der Waals surface area (Å²) in [4.78, 5) is 13.1. The molecule has 1 aliphatic carbocycles. The maximum atomic E-state index is 12.2. The summed E-state index contributed by atoms with van der Waals surface area (Å²) in [6.45, 7) is 4.61. The first-order valence-corrected chi connectivity index (χ1v) is 11.8. The van der Waals surface area contributed by atoms with Gasteiger partial charge in [0.2, 0.25) is 0 Å². The van der Waals surface area contributed by atoms with Gasteiger partial charge in [-0.1, -0.05) is 37.5 Å². The van der Waals surface area contributed by atoms with Gasteiger partial charge < -0.3 is 9.30 Å². The zero-order valence-electron chi connectivity index (χ0n) is 17.2. The summed E-state index contributed by atoms with van der Waals surface area (Å²) < 4.78 is 19.5. The van der Waals surface area contributed by atoms with Crippen molar-refractivity contribution in [2.45, 2.75) is 69.7 Å². The van der Waals surface area contributed by atoms with Crippen LogP contribution in [0.2, 0.25) is 0 Å². The van der Waals surface area contributed by atoms with Gasteiger partial charge in [0.05, 0.1) is 17.4 Å². The normalized spacial score (nSPS) is 16.1. The summed E-state index contributed by atoms with van der Waals surface area (Å²) in [6.07, 6.45) is 8.63. The second kappa shape index (κ2) is 9.55. The minimum Gasteiger partial charge on any atom is -0.465 e. The van der Waals surface area contributed by atoms with Crippen molar-refractivity contribution in [3.63, 3.8) is 0 Å². The SMILES string of the molecule is CCOC(=O)Cn1c(C2CCCCC2)cc(Cc2ccccc2S(C)=O)c1C. The number of carbonyl (C=O) groups excluding carboxylic acids is 1. The highest BCUT2D eigenvalue weighted by Crippen LogP contribution is 2.35. The molecule has 1 aromatic heterocycles. The minimum atomic E-state index is -1.02. The molecule has 2 aromatic rings. The summed E-state index contributed by atoms with van der Waals surface area (Å²) in [5, 5.41) is 0. The van der Waals surface area contributed by atoms with Crippen LogP contribution < -0.4 is 0 Å². The fraction of sp³-hybridized carbons (Fsp3) is 0.522. The third-order valence-corrected chi connectivity index (χ3v) is 6.80. The van der Waals surface area contributed by atoms with Gasteiger partial charge in [-0.05, 0) is 55.9 Å². The van der Waals surface area contributed by atoms with E-state index in [0.29, 0.717) is 12.5 Å². The van der Waals surface area contributed by atoms with E-state index in [4.69, 9.17) is 4.74 Å². The zero-order valence-corrected chi connectivity index (χ0v) is 18.0. The number of aromatic nitrogens is 1. The number of hydrogen-bond acceptors (Lipinski definition) is 3. The Labute approximate surface area is 170 Å². The predicted octanol–water partition coefficient (Wildman–Crippen LogP) is 4.74. The average molecular weight is 402 g/mol. The van der Waals surface area contributed by atoms with Crippen molar-refractivity contribution in [1.82, 2.24) is 4.57 Å². The molecule has 1 saturated carbocycles. The highest BCUT2D eigenvalue weighted by Gasteiger charge is 2.24. The van der Waals surface area contributed by atoms with Crippen LogP contribution in [0.5, 0.6) is 0 Å². The van der Waals surface area contributed by atoms with Crippen molar-refractivity contribution in [2.24, 2.45) is 0 Å². The van der Waals surface area contributed by atoms with E-state index in [9.17, 15) is 9.00 Å². The second-order valence-corrected chi connectivity index (χ2v) is 8.99. The van der Waals surface area contributed by atoms with Crippen LogP contribution in [0.1, 0.15) is 67.5 Å². The van der Waals surface area contributed by atoms with Crippen molar-refractivity contribution in [2.75, 3.05) is 12.9 Å². The predicted molar refractivity (Wildman–Crippen MR) is 113 cm³/mol. The lowest BCUT2D eigenvalue weighted by atomic mass is 9.86. The molecule has 1 heterocycles. The van der Waals surface area contributed by atoms with E-state index in [2.05, 4.69) is 23.6 Å². The molecule has 1 aliphatic rings. The van der Waals surface area contributed by atoms with Crippen LogP contribution >= 0.6 is 0 Å². The van der Waals surface area contributed by atoms with E-state index < -0.39 is 10.8 Å². The lowest BCUT2D eigenvalue weighted by Crippen LogP contribution is -2.19. The Bertz CT molecular complexity index is 850. The van der Waals surface area contributed by atoms with Gasteiger partial charge in [-0.15, -0.1) is 0 Å². The summed E-state index contributed by atoms with van der Waals surface area (Å²) in [6, 6.07) is 10.2. The van der Waals surface area contributed by atoms with Gasteiger partial charge in [0, 0.05) is 29.0 Å². The molecule has 0 saturated heterocycles. The van der Waals surface area contributed by atoms with E-state index in [1.807, 2.05) is 25.1 Å². The topological polar surface area (TPSA) is 48.3 Å². The van der Waals surface area contributed by atoms with E-state index in [1.54, 1.807) is 6.26 Å². The summed E-state index contributed by atoms with van der Waals surface area (Å²) >= 11 is 0. The van der Waals surface area contributed by atoms with Gasteiger partial charge in [0.15, 0.2) is 0 Å². The van der Waals surface area contributed by atoms with Crippen LogP contribution in [-0.4, -0.2) is 27.6 Å². The largest absolute Gasteiger partial charge is 0.465 e. The number of carbonyl (C=O) groups is 1. The lowest BCUT2D eigenvalue weighted by Gasteiger charge is -2.23.